The third-order valence-electron chi connectivity index (χ3n) is 3.64. The molecule has 2 N–H and O–H groups in total. The minimum absolute atomic E-state index is 0.0618. The van der Waals surface area contributed by atoms with Crippen LogP contribution in [0, 0.1) is 6.92 Å². The molecule has 2 aromatic rings. The summed E-state index contributed by atoms with van der Waals surface area (Å²) < 4.78 is 31.6. The molecule has 0 aromatic carbocycles. The Bertz CT molecular complexity index is 841. The lowest BCUT2D eigenvalue weighted by molar-refractivity contribution is 0.0730. The number of nitrogens with zero attached hydrogens (tertiary/aromatic N) is 2. The predicted molar refractivity (Wildman–Crippen MR) is 87.3 cm³/mol. The quantitative estimate of drug-likeness (QED) is 0.856. The van der Waals surface area contributed by atoms with Crippen LogP contribution in [0.15, 0.2) is 35.4 Å². The average molecular weight is 350 g/mol. The molecular formula is C15H18N4O4S. The number of aromatic amines is 1. The summed E-state index contributed by atoms with van der Waals surface area (Å²) in [6, 6.07) is 6.59. The highest BCUT2D eigenvalue weighted by Gasteiger charge is 2.28. The van der Waals surface area contributed by atoms with Gasteiger partial charge in [0.25, 0.3) is 5.91 Å². The summed E-state index contributed by atoms with van der Waals surface area (Å²) in [6.07, 6.45) is 1.32. The van der Waals surface area contributed by atoms with Crippen LogP contribution in [0.2, 0.25) is 0 Å². The van der Waals surface area contributed by atoms with Gasteiger partial charge in [-0.05, 0) is 25.1 Å². The Hall–Kier alpha value is -2.23. The molecule has 3 heterocycles. The second-order valence-corrected chi connectivity index (χ2v) is 7.32. The number of aromatic nitrogens is 2. The number of ether oxygens (including phenoxy) is 1. The Morgan fingerprint density at radius 3 is 2.79 bits per heavy atom. The second-order valence-electron chi connectivity index (χ2n) is 5.38. The van der Waals surface area contributed by atoms with Crippen LogP contribution in [0.25, 0.3) is 0 Å². The molecule has 1 saturated heterocycles. The van der Waals surface area contributed by atoms with Crippen LogP contribution in [-0.4, -0.2) is 54.9 Å². The smallest absolute Gasteiger partial charge is 0.273 e. The Morgan fingerprint density at radius 1 is 1.33 bits per heavy atom. The SMILES string of the molecule is Cc1cccc(NC(=O)c2cc(S(=O)(=O)N3CCOCC3)c[nH]2)n1. The van der Waals surface area contributed by atoms with Gasteiger partial charge in [-0.1, -0.05) is 6.07 Å². The first kappa shape index (κ1) is 16.6. The van der Waals surface area contributed by atoms with Gasteiger partial charge < -0.3 is 15.0 Å². The molecule has 2 aromatic heterocycles. The van der Waals surface area contributed by atoms with Crippen LogP contribution >= 0.6 is 0 Å². The number of rotatable bonds is 4. The molecule has 0 saturated carbocycles. The molecule has 1 amide bonds. The zero-order valence-electron chi connectivity index (χ0n) is 13.2. The van der Waals surface area contributed by atoms with Crippen molar-refractivity contribution in [3.8, 4) is 0 Å². The average Bonchev–Trinajstić information content (AvgIpc) is 3.07. The third kappa shape index (κ3) is 3.48. The summed E-state index contributed by atoms with van der Waals surface area (Å²) >= 11 is 0. The van der Waals surface area contributed by atoms with Gasteiger partial charge in [0, 0.05) is 25.0 Å². The number of anilines is 1. The lowest BCUT2D eigenvalue weighted by Crippen LogP contribution is -2.40. The number of sulfonamides is 1. The largest absolute Gasteiger partial charge is 0.379 e. The van der Waals surface area contributed by atoms with Crippen molar-refractivity contribution in [3.63, 3.8) is 0 Å². The van der Waals surface area contributed by atoms with Crippen LogP contribution in [0.3, 0.4) is 0 Å². The zero-order chi connectivity index (χ0) is 17.2. The molecule has 0 spiro atoms. The predicted octanol–water partition coefficient (Wildman–Crippen LogP) is 0.991. The number of carbonyl (C=O) groups excluding carboxylic acids is 1. The monoisotopic (exact) mass is 350 g/mol. The standard InChI is InChI=1S/C15H18N4O4S/c1-11-3-2-4-14(17-11)18-15(20)13-9-12(10-16-13)24(21,22)19-5-7-23-8-6-19/h2-4,9-10,16H,5-8H2,1H3,(H,17,18,20). The van der Waals surface area contributed by atoms with Gasteiger partial charge in [0.15, 0.2) is 0 Å². The summed E-state index contributed by atoms with van der Waals surface area (Å²) in [4.78, 5) is 19.2. The van der Waals surface area contributed by atoms with Crippen LogP contribution in [-0.2, 0) is 14.8 Å². The minimum Gasteiger partial charge on any atom is -0.379 e. The Balaban J connectivity index is 1.76. The number of pyridine rings is 1. The fourth-order valence-electron chi connectivity index (χ4n) is 2.39. The van der Waals surface area contributed by atoms with E-state index in [0.29, 0.717) is 32.1 Å². The molecule has 0 atom stereocenters. The maximum Gasteiger partial charge on any atom is 0.273 e. The van der Waals surface area contributed by atoms with Crippen molar-refractivity contribution in [2.24, 2.45) is 0 Å². The van der Waals surface area contributed by atoms with E-state index in [9.17, 15) is 13.2 Å². The number of morpholine rings is 1. The lowest BCUT2D eigenvalue weighted by Gasteiger charge is -2.25. The van der Waals surface area contributed by atoms with Crippen molar-refractivity contribution in [1.82, 2.24) is 14.3 Å². The number of hydrogen-bond acceptors (Lipinski definition) is 5. The van der Waals surface area contributed by atoms with Crippen LogP contribution in [0.1, 0.15) is 16.2 Å². The molecule has 9 heteroatoms. The highest BCUT2D eigenvalue weighted by molar-refractivity contribution is 7.89. The molecule has 0 aliphatic carbocycles. The highest BCUT2D eigenvalue weighted by atomic mass is 32.2. The zero-order valence-corrected chi connectivity index (χ0v) is 14.0. The van der Waals surface area contributed by atoms with Gasteiger partial charge in [-0.3, -0.25) is 4.79 Å². The van der Waals surface area contributed by atoms with Crippen molar-refractivity contribution in [2.45, 2.75) is 11.8 Å². The minimum atomic E-state index is -3.63. The first-order valence-electron chi connectivity index (χ1n) is 7.48. The summed E-state index contributed by atoms with van der Waals surface area (Å²) in [6.45, 7) is 3.17. The van der Waals surface area contributed by atoms with Gasteiger partial charge in [0.2, 0.25) is 10.0 Å². The number of amides is 1. The van der Waals surface area contributed by atoms with E-state index in [-0.39, 0.29) is 10.6 Å². The van der Waals surface area contributed by atoms with E-state index in [1.165, 1.54) is 16.6 Å². The third-order valence-corrected chi connectivity index (χ3v) is 5.52. The molecule has 8 nitrogen and oxygen atoms in total. The van der Waals surface area contributed by atoms with Gasteiger partial charge >= 0.3 is 0 Å². The molecule has 24 heavy (non-hydrogen) atoms. The summed E-state index contributed by atoms with van der Waals surface area (Å²) in [5.74, 6) is -0.0382. The Morgan fingerprint density at radius 2 is 2.08 bits per heavy atom. The molecular weight excluding hydrogens is 332 g/mol. The van der Waals surface area contributed by atoms with Crippen LogP contribution in [0.5, 0.6) is 0 Å². The van der Waals surface area contributed by atoms with Gasteiger partial charge in [0.1, 0.15) is 16.4 Å². The number of carbonyl (C=O) groups is 1. The van der Waals surface area contributed by atoms with E-state index in [2.05, 4.69) is 15.3 Å². The van der Waals surface area contributed by atoms with E-state index in [4.69, 9.17) is 4.74 Å². The van der Waals surface area contributed by atoms with Crippen LogP contribution < -0.4 is 5.32 Å². The van der Waals surface area contributed by atoms with Crippen molar-refractivity contribution in [3.05, 3.63) is 41.9 Å². The fraction of sp³-hybridized carbons (Fsp3) is 0.333. The first-order valence-corrected chi connectivity index (χ1v) is 8.92. The maximum absolute atomic E-state index is 12.5. The van der Waals surface area contributed by atoms with Crippen molar-refractivity contribution < 1.29 is 17.9 Å². The number of H-pyrrole nitrogens is 1. The number of aryl methyl sites for hydroxylation is 1. The Labute approximate surface area is 139 Å². The molecule has 3 rings (SSSR count). The van der Waals surface area contributed by atoms with Crippen molar-refractivity contribution >= 4 is 21.7 Å². The van der Waals surface area contributed by atoms with E-state index >= 15 is 0 Å². The molecule has 1 aliphatic heterocycles. The van der Waals surface area contributed by atoms with E-state index in [1.54, 1.807) is 12.1 Å². The van der Waals surface area contributed by atoms with Gasteiger partial charge in [-0.2, -0.15) is 4.31 Å². The highest BCUT2D eigenvalue weighted by Crippen LogP contribution is 2.18. The van der Waals surface area contributed by atoms with E-state index < -0.39 is 15.9 Å². The maximum atomic E-state index is 12.5. The second kappa shape index (κ2) is 6.71. The van der Waals surface area contributed by atoms with Gasteiger partial charge in [-0.25, -0.2) is 13.4 Å². The first-order chi connectivity index (χ1) is 11.5. The molecule has 0 unspecified atom stereocenters. The summed E-state index contributed by atoms with van der Waals surface area (Å²) in [5.41, 5.74) is 0.931. The fourth-order valence-corrected chi connectivity index (χ4v) is 3.79. The summed E-state index contributed by atoms with van der Waals surface area (Å²) in [5, 5.41) is 2.63. The topological polar surface area (TPSA) is 104 Å². The van der Waals surface area contributed by atoms with Crippen molar-refractivity contribution in [2.75, 3.05) is 31.6 Å². The normalized spacial score (nSPS) is 16.0. The van der Waals surface area contributed by atoms with Gasteiger partial charge in [-0.15, -0.1) is 0 Å². The summed E-state index contributed by atoms with van der Waals surface area (Å²) in [7, 11) is -3.63. The molecule has 0 radical (unpaired) electrons. The lowest BCUT2D eigenvalue weighted by atomic mass is 10.3. The van der Waals surface area contributed by atoms with E-state index in [1.807, 2.05) is 13.0 Å². The molecule has 128 valence electrons. The molecule has 1 aliphatic rings. The number of nitrogens with one attached hydrogen (secondary N) is 2. The Kier molecular flexibility index (Phi) is 4.65. The number of hydrogen-bond donors (Lipinski definition) is 2. The van der Waals surface area contributed by atoms with Gasteiger partial charge in [0.05, 0.1) is 13.2 Å². The molecule has 1 fully saturated rings. The van der Waals surface area contributed by atoms with Crippen LogP contribution in [0.4, 0.5) is 5.82 Å². The van der Waals surface area contributed by atoms with Crippen molar-refractivity contribution in [1.29, 1.82) is 0 Å². The molecule has 0 bridgehead atoms. The van der Waals surface area contributed by atoms with E-state index in [0.717, 1.165) is 5.69 Å².